The molecular formula is C20H28N6O. The highest BCUT2D eigenvalue weighted by Gasteiger charge is 2.27. The van der Waals surface area contributed by atoms with E-state index in [2.05, 4.69) is 31.7 Å². The maximum Gasteiger partial charge on any atom is 0.140 e. The second kappa shape index (κ2) is 8.19. The second-order valence-corrected chi connectivity index (χ2v) is 7.21. The fourth-order valence-corrected chi connectivity index (χ4v) is 4.12. The predicted molar refractivity (Wildman–Crippen MR) is 107 cm³/mol. The van der Waals surface area contributed by atoms with Gasteiger partial charge >= 0.3 is 0 Å². The number of aromatic nitrogens is 3. The lowest BCUT2D eigenvalue weighted by Gasteiger charge is -2.41. The van der Waals surface area contributed by atoms with Crippen molar-refractivity contribution in [2.24, 2.45) is 0 Å². The SMILES string of the molecule is CCc1ncnc(N2CCN(C3CCOCC3)CC2)c1-c1ccc(N)nc1. The van der Waals surface area contributed by atoms with Crippen molar-refractivity contribution in [1.82, 2.24) is 19.9 Å². The van der Waals surface area contributed by atoms with E-state index >= 15 is 0 Å². The first-order valence-corrected chi connectivity index (χ1v) is 9.88. The molecule has 0 unspecified atom stereocenters. The summed E-state index contributed by atoms with van der Waals surface area (Å²) in [6.45, 7) is 8.00. The molecule has 0 amide bonds. The lowest BCUT2D eigenvalue weighted by atomic mass is 10.0. The Hall–Kier alpha value is -2.25. The first-order valence-electron chi connectivity index (χ1n) is 9.88. The molecule has 0 spiro atoms. The minimum Gasteiger partial charge on any atom is -0.384 e. The van der Waals surface area contributed by atoms with Crippen molar-refractivity contribution in [3.8, 4) is 11.1 Å². The molecule has 0 atom stereocenters. The van der Waals surface area contributed by atoms with Crippen LogP contribution in [0.4, 0.5) is 11.6 Å². The van der Waals surface area contributed by atoms with Gasteiger partial charge in [-0.25, -0.2) is 15.0 Å². The van der Waals surface area contributed by atoms with Gasteiger partial charge in [0, 0.05) is 62.8 Å². The van der Waals surface area contributed by atoms with E-state index < -0.39 is 0 Å². The van der Waals surface area contributed by atoms with E-state index in [0.29, 0.717) is 11.9 Å². The second-order valence-electron chi connectivity index (χ2n) is 7.21. The van der Waals surface area contributed by atoms with E-state index in [9.17, 15) is 0 Å². The number of pyridine rings is 1. The van der Waals surface area contributed by atoms with Crippen LogP contribution < -0.4 is 10.6 Å². The number of hydrogen-bond donors (Lipinski definition) is 1. The van der Waals surface area contributed by atoms with Crippen LogP contribution in [0.15, 0.2) is 24.7 Å². The molecule has 7 heteroatoms. The number of nitrogen functional groups attached to an aromatic ring is 1. The fraction of sp³-hybridized carbons (Fsp3) is 0.550. The van der Waals surface area contributed by atoms with Crippen molar-refractivity contribution in [1.29, 1.82) is 0 Å². The van der Waals surface area contributed by atoms with Crippen LogP contribution in [0.3, 0.4) is 0 Å². The maximum absolute atomic E-state index is 5.78. The van der Waals surface area contributed by atoms with Gasteiger partial charge in [0.05, 0.1) is 5.69 Å². The Balaban J connectivity index is 1.56. The van der Waals surface area contributed by atoms with Gasteiger partial charge in [-0.2, -0.15) is 0 Å². The predicted octanol–water partition coefficient (Wildman–Crippen LogP) is 1.98. The van der Waals surface area contributed by atoms with Crippen molar-refractivity contribution in [3.63, 3.8) is 0 Å². The number of piperazine rings is 1. The van der Waals surface area contributed by atoms with Crippen LogP contribution in [0.1, 0.15) is 25.5 Å². The number of ether oxygens (including phenoxy) is 1. The van der Waals surface area contributed by atoms with Crippen LogP contribution in [-0.2, 0) is 11.2 Å². The molecule has 0 bridgehead atoms. The summed E-state index contributed by atoms with van der Waals surface area (Å²) < 4.78 is 5.51. The van der Waals surface area contributed by atoms with Crippen molar-refractivity contribution >= 4 is 11.6 Å². The summed E-state index contributed by atoms with van der Waals surface area (Å²) in [5.74, 6) is 1.54. The topological polar surface area (TPSA) is 80.4 Å². The lowest BCUT2D eigenvalue weighted by molar-refractivity contribution is 0.0321. The molecule has 2 saturated heterocycles. The summed E-state index contributed by atoms with van der Waals surface area (Å²) >= 11 is 0. The molecule has 4 heterocycles. The summed E-state index contributed by atoms with van der Waals surface area (Å²) in [4.78, 5) is 18.5. The largest absolute Gasteiger partial charge is 0.384 e. The third-order valence-corrected chi connectivity index (χ3v) is 5.64. The highest BCUT2D eigenvalue weighted by Crippen LogP contribution is 2.32. The van der Waals surface area contributed by atoms with Crippen molar-refractivity contribution in [2.75, 3.05) is 50.0 Å². The first-order chi connectivity index (χ1) is 13.3. The molecule has 7 nitrogen and oxygen atoms in total. The number of anilines is 2. The number of nitrogens with zero attached hydrogens (tertiary/aromatic N) is 5. The Morgan fingerprint density at radius 2 is 1.85 bits per heavy atom. The van der Waals surface area contributed by atoms with Crippen LogP contribution in [0.25, 0.3) is 11.1 Å². The van der Waals surface area contributed by atoms with Gasteiger partial charge in [0.25, 0.3) is 0 Å². The molecule has 144 valence electrons. The number of nitrogens with two attached hydrogens (primary N) is 1. The summed E-state index contributed by atoms with van der Waals surface area (Å²) in [6, 6.07) is 4.52. The average Bonchev–Trinajstić information content (AvgIpc) is 2.74. The zero-order valence-electron chi connectivity index (χ0n) is 16.0. The fourth-order valence-electron chi connectivity index (χ4n) is 4.12. The van der Waals surface area contributed by atoms with E-state index in [1.54, 1.807) is 6.33 Å². The molecule has 4 rings (SSSR count). The molecule has 0 saturated carbocycles. The van der Waals surface area contributed by atoms with Crippen LogP contribution in [0.2, 0.25) is 0 Å². The first kappa shape index (κ1) is 18.1. The van der Waals surface area contributed by atoms with Gasteiger partial charge in [-0.3, -0.25) is 4.90 Å². The van der Waals surface area contributed by atoms with Crippen LogP contribution in [-0.4, -0.2) is 65.3 Å². The van der Waals surface area contributed by atoms with Gasteiger partial charge in [-0.1, -0.05) is 6.92 Å². The molecule has 2 fully saturated rings. The van der Waals surface area contributed by atoms with Gasteiger partial charge in [-0.15, -0.1) is 0 Å². The van der Waals surface area contributed by atoms with E-state index in [0.717, 1.165) is 81.3 Å². The zero-order valence-corrected chi connectivity index (χ0v) is 16.0. The molecule has 0 aliphatic carbocycles. The quantitative estimate of drug-likeness (QED) is 0.884. The summed E-state index contributed by atoms with van der Waals surface area (Å²) in [5.41, 5.74) is 8.95. The molecule has 2 N–H and O–H groups in total. The lowest BCUT2D eigenvalue weighted by Crippen LogP contribution is -2.52. The maximum atomic E-state index is 5.78. The third kappa shape index (κ3) is 3.89. The molecule has 2 aliphatic rings. The van der Waals surface area contributed by atoms with Gasteiger partial charge < -0.3 is 15.4 Å². The van der Waals surface area contributed by atoms with Gasteiger partial charge in [-0.05, 0) is 31.4 Å². The third-order valence-electron chi connectivity index (χ3n) is 5.64. The van der Waals surface area contributed by atoms with E-state index in [4.69, 9.17) is 10.5 Å². The van der Waals surface area contributed by atoms with E-state index in [1.807, 2.05) is 18.3 Å². The summed E-state index contributed by atoms with van der Waals surface area (Å²) in [7, 11) is 0. The minimum atomic E-state index is 0.528. The molecule has 0 radical (unpaired) electrons. The molecule has 27 heavy (non-hydrogen) atoms. The summed E-state index contributed by atoms with van der Waals surface area (Å²) in [6.07, 6.45) is 6.67. The summed E-state index contributed by atoms with van der Waals surface area (Å²) in [5, 5.41) is 0. The molecule has 2 aromatic rings. The average molecular weight is 368 g/mol. The Morgan fingerprint density at radius 1 is 1.07 bits per heavy atom. The van der Waals surface area contributed by atoms with Crippen molar-refractivity contribution < 1.29 is 4.74 Å². The number of rotatable bonds is 4. The normalized spacial score (nSPS) is 19.4. The van der Waals surface area contributed by atoms with Gasteiger partial charge in [0.2, 0.25) is 0 Å². The Kier molecular flexibility index (Phi) is 5.50. The monoisotopic (exact) mass is 368 g/mol. The van der Waals surface area contributed by atoms with Gasteiger partial charge in [0.1, 0.15) is 18.0 Å². The highest BCUT2D eigenvalue weighted by atomic mass is 16.5. The smallest absolute Gasteiger partial charge is 0.140 e. The molecule has 2 aliphatic heterocycles. The zero-order chi connectivity index (χ0) is 18.6. The number of hydrogen-bond acceptors (Lipinski definition) is 7. The Morgan fingerprint density at radius 3 is 2.52 bits per heavy atom. The Labute approximate surface area is 160 Å². The molecule has 2 aromatic heterocycles. The van der Waals surface area contributed by atoms with Crippen LogP contribution in [0, 0.1) is 0 Å². The molecular weight excluding hydrogens is 340 g/mol. The highest BCUT2D eigenvalue weighted by molar-refractivity contribution is 5.78. The van der Waals surface area contributed by atoms with Crippen LogP contribution >= 0.6 is 0 Å². The van der Waals surface area contributed by atoms with E-state index in [1.165, 1.54) is 0 Å². The van der Waals surface area contributed by atoms with E-state index in [-0.39, 0.29) is 0 Å². The van der Waals surface area contributed by atoms with Crippen LogP contribution in [0.5, 0.6) is 0 Å². The standard InChI is InChI=1S/C20H28N6O/c1-2-17-19(15-3-4-18(21)22-13-15)20(24-14-23-17)26-9-7-25(8-10-26)16-5-11-27-12-6-16/h3-4,13-14,16H,2,5-12H2,1H3,(H2,21,22). The molecule has 0 aromatic carbocycles. The Bertz CT molecular complexity index is 752. The van der Waals surface area contributed by atoms with Gasteiger partial charge in [0.15, 0.2) is 0 Å². The number of aryl methyl sites for hydroxylation is 1. The van der Waals surface area contributed by atoms with Crippen molar-refractivity contribution in [2.45, 2.75) is 32.2 Å². The minimum absolute atomic E-state index is 0.528. The van der Waals surface area contributed by atoms with Crippen molar-refractivity contribution in [3.05, 3.63) is 30.4 Å².